The summed E-state index contributed by atoms with van der Waals surface area (Å²) in [5, 5.41) is 0. The molecule has 0 aliphatic rings. The Bertz CT molecular complexity index is 885. The van der Waals surface area contributed by atoms with Crippen LogP contribution in [-0.4, -0.2) is 23.9 Å². The fraction of sp³-hybridized carbons (Fsp3) is 0.167. The Hall–Kier alpha value is -2.84. The number of rotatable bonds is 2. The Balaban J connectivity index is 2.30. The summed E-state index contributed by atoms with van der Waals surface area (Å²) in [6, 6.07) is 1.38. The minimum absolute atomic E-state index is 0.0210. The number of aromatic nitrogens is 5. The van der Waals surface area contributed by atoms with Crippen LogP contribution in [0.1, 0.15) is 17.8 Å². The molecule has 0 saturated carbocycles. The highest BCUT2D eigenvalue weighted by Gasteiger charge is 2.18. The highest BCUT2D eigenvalue weighted by Crippen LogP contribution is 2.22. The zero-order chi connectivity index (χ0) is 15.1. The minimum atomic E-state index is -2.81. The number of aryl methyl sites for hydroxylation is 1. The van der Waals surface area contributed by atoms with Crippen molar-refractivity contribution in [2.45, 2.75) is 13.3 Å². The SMILES string of the molecule is Cc1cn2cc(-n3ccc(N)nc3=O)nc(C(F)F)c2n1. The molecule has 0 spiro atoms. The standard InChI is InChI=1S/C12H10F2N6O/c1-6-4-19-5-8(18-9(10(13)14)11(19)16-6)20-3-2-7(15)17-12(20)21/h2-5,10H,1H3,(H2,15,17,21). The Kier molecular flexibility index (Phi) is 2.89. The molecule has 0 amide bonds. The fourth-order valence-corrected chi connectivity index (χ4v) is 1.98. The summed E-state index contributed by atoms with van der Waals surface area (Å²) in [4.78, 5) is 23.2. The van der Waals surface area contributed by atoms with E-state index in [9.17, 15) is 13.6 Å². The van der Waals surface area contributed by atoms with Gasteiger partial charge in [0.05, 0.1) is 11.9 Å². The van der Waals surface area contributed by atoms with Crippen LogP contribution in [0.15, 0.2) is 29.5 Å². The first-order chi connectivity index (χ1) is 9.95. The monoisotopic (exact) mass is 292 g/mol. The molecule has 21 heavy (non-hydrogen) atoms. The van der Waals surface area contributed by atoms with Crippen molar-refractivity contribution in [3.63, 3.8) is 0 Å². The lowest BCUT2D eigenvalue weighted by Gasteiger charge is -2.08. The van der Waals surface area contributed by atoms with Crippen LogP contribution in [0.5, 0.6) is 0 Å². The van der Waals surface area contributed by atoms with Gasteiger partial charge in [-0.1, -0.05) is 0 Å². The molecule has 3 aromatic heterocycles. The molecule has 0 saturated heterocycles. The van der Waals surface area contributed by atoms with E-state index in [1.165, 1.54) is 22.9 Å². The van der Waals surface area contributed by atoms with E-state index in [2.05, 4.69) is 15.0 Å². The van der Waals surface area contributed by atoms with E-state index in [0.717, 1.165) is 4.57 Å². The molecule has 0 unspecified atom stereocenters. The van der Waals surface area contributed by atoms with Crippen LogP contribution >= 0.6 is 0 Å². The molecule has 3 aromatic rings. The molecule has 7 nitrogen and oxygen atoms in total. The highest BCUT2D eigenvalue weighted by atomic mass is 19.3. The maximum absolute atomic E-state index is 13.1. The number of alkyl halides is 2. The number of nitrogen functional groups attached to an aromatic ring is 1. The Morgan fingerprint density at radius 3 is 2.67 bits per heavy atom. The number of nitrogens with two attached hydrogens (primary N) is 1. The van der Waals surface area contributed by atoms with Gasteiger partial charge in [-0.3, -0.25) is 4.57 Å². The number of fused-ring (bicyclic) bond motifs is 1. The highest BCUT2D eigenvalue weighted by molar-refractivity contribution is 5.48. The summed E-state index contributed by atoms with van der Waals surface area (Å²) in [6.07, 6.45) is 1.52. The topological polar surface area (TPSA) is 91.1 Å². The summed E-state index contributed by atoms with van der Waals surface area (Å²) in [7, 11) is 0. The van der Waals surface area contributed by atoms with E-state index in [1.54, 1.807) is 13.1 Å². The third-order valence-electron chi connectivity index (χ3n) is 2.85. The van der Waals surface area contributed by atoms with Crippen LogP contribution in [0.2, 0.25) is 0 Å². The van der Waals surface area contributed by atoms with Crippen molar-refractivity contribution in [1.29, 1.82) is 0 Å². The average molecular weight is 292 g/mol. The van der Waals surface area contributed by atoms with Gasteiger partial charge in [-0.25, -0.2) is 23.5 Å². The maximum Gasteiger partial charge on any atom is 0.355 e. The van der Waals surface area contributed by atoms with Gasteiger partial charge in [-0.2, -0.15) is 4.98 Å². The van der Waals surface area contributed by atoms with Crippen LogP contribution in [0.25, 0.3) is 11.5 Å². The molecule has 2 N–H and O–H groups in total. The third kappa shape index (κ3) is 2.22. The van der Waals surface area contributed by atoms with Crippen molar-refractivity contribution >= 4 is 11.5 Å². The van der Waals surface area contributed by atoms with Gasteiger partial charge in [0.1, 0.15) is 5.82 Å². The number of nitrogens with zero attached hydrogens (tertiary/aromatic N) is 5. The molecule has 0 radical (unpaired) electrons. The molecule has 0 aliphatic carbocycles. The summed E-state index contributed by atoms with van der Waals surface area (Å²) in [6.45, 7) is 1.68. The van der Waals surface area contributed by atoms with Gasteiger partial charge in [0.2, 0.25) is 0 Å². The number of anilines is 1. The second-order valence-electron chi connectivity index (χ2n) is 4.40. The fourth-order valence-electron chi connectivity index (χ4n) is 1.98. The van der Waals surface area contributed by atoms with Crippen molar-refractivity contribution in [2.24, 2.45) is 0 Å². The molecule has 0 atom stereocenters. The molecule has 3 rings (SSSR count). The first-order valence-electron chi connectivity index (χ1n) is 5.95. The second-order valence-corrected chi connectivity index (χ2v) is 4.40. The summed E-state index contributed by atoms with van der Waals surface area (Å²) < 4.78 is 28.7. The van der Waals surface area contributed by atoms with Gasteiger partial charge in [-0.15, -0.1) is 0 Å². The first-order valence-corrected chi connectivity index (χ1v) is 5.95. The molecule has 9 heteroatoms. The Labute approximate surface area is 116 Å². The van der Waals surface area contributed by atoms with Crippen LogP contribution in [0.3, 0.4) is 0 Å². The zero-order valence-corrected chi connectivity index (χ0v) is 10.9. The lowest BCUT2D eigenvalue weighted by Crippen LogP contribution is -2.23. The van der Waals surface area contributed by atoms with E-state index >= 15 is 0 Å². The summed E-state index contributed by atoms with van der Waals surface area (Å²) >= 11 is 0. The first kappa shape index (κ1) is 13.2. The number of hydrogen-bond acceptors (Lipinski definition) is 5. The maximum atomic E-state index is 13.1. The van der Waals surface area contributed by atoms with E-state index in [1.807, 2.05) is 0 Å². The minimum Gasteiger partial charge on any atom is -0.383 e. The number of halogens is 2. The van der Waals surface area contributed by atoms with Crippen LogP contribution in [0.4, 0.5) is 14.6 Å². The van der Waals surface area contributed by atoms with E-state index in [-0.39, 0.29) is 17.3 Å². The van der Waals surface area contributed by atoms with Crippen molar-refractivity contribution in [2.75, 3.05) is 5.73 Å². The molecular weight excluding hydrogens is 282 g/mol. The quantitative estimate of drug-likeness (QED) is 0.763. The van der Waals surface area contributed by atoms with Gasteiger partial charge >= 0.3 is 5.69 Å². The molecule has 0 fully saturated rings. The van der Waals surface area contributed by atoms with Gasteiger partial charge in [0.25, 0.3) is 6.43 Å². The molecule has 0 aliphatic heterocycles. The van der Waals surface area contributed by atoms with Crippen molar-refractivity contribution in [3.05, 3.63) is 46.5 Å². The predicted molar refractivity (Wildman–Crippen MR) is 70.5 cm³/mol. The lowest BCUT2D eigenvalue weighted by molar-refractivity contribution is 0.147. The Morgan fingerprint density at radius 2 is 2.00 bits per heavy atom. The molecule has 0 bridgehead atoms. The molecular formula is C12H10F2N6O. The Morgan fingerprint density at radius 1 is 1.24 bits per heavy atom. The van der Waals surface area contributed by atoms with E-state index in [0.29, 0.717) is 5.69 Å². The number of imidazole rings is 1. The van der Waals surface area contributed by atoms with Gasteiger partial charge in [0, 0.05) is 12.4 Å². The molecule has 108 valence electrons. The zero-order valence-electron chi connectivity index (χ0n) is 10.9. The smallest absolute Gasteiger partial charge is 0.355 e. The van der Waals surface area contributed by atoms with Crippen LogP contribution < -0.4 is 11.4 Å². The van der Waals surface area contributed by atoms with Gasteiger partial charge in [0.15, 0.2) is 17.2 Å². The largest absolute Gasteiger partial charge is 0.383 e. The molecule has 3 heterocycles. The predicted octanol–water partition coefficient (Wildman–Crippen LogP) is 1.10. The average Bonchev–Trinajstić information content (AvgIpc) is 2.77. The lowest BCUT2D eigenvalue weighted by atomic mass is 10.4. The second kappa shape index (κ2) is 4.62. The van der Waals surface area contributed by atoms with Gasteiger partial charge < -0.3 is 10.1 Å². The van der Waals surface area contributed by atoms with Crippen molar-refractivity contribution < 1.29 is 8.78 Å². The van der Waals surface area contributed by atoms with Crippen molar-refractivity contribution in [1.82, 2.24) is 23.9 Å². The van der Waals surface area contributed by atoms with E-state index < -0.39 is 17.8 Å². The normalized spacial score (nSPS) is 11.4. The van der Waals surface area contributed by atoms with Crippen LogP contribution in [-0.2, 0) is 0 Å². The molecule has 0 aromatic carbocycles. The van der Waals surface area contributed by atoms with Crippen LogP contribution in [0, 0.1) is 6.92 Å². The van der Waals surface area contributed by atoms with E-state index in [4.69, 9.17) is 5.73 Å². The summed E-state index contributed by atoms with van der Waals surface area (Å²) in [5.74, 6) is 0.0672. The summed E-state index contributed by atoms with van der Waals surface area (Å²) in [5.41, 5.74) is 4.83. The number of hydrogen-bond donors (Lipinski definition) is 1. The van der Waals surface area contributed by atoms with Crippen molar-refractivity contribution in [3.8, 4) is 5.82 Å². The van der Waals surface area contributed by atoms with Gasteiger partial charge in [-0.05, 0) is 13.0 Å². The third-order valence-corrected chi connectivity index (χ3v) is 2.85.